The maximum Gasteiger partial charge on any atom is 0.318 e. The maximum atomic E-state index is 12.8. The second kappa shape index (κ2) is 6.30. The molecule has 1 aromatic carbocycles. The van der Waals surface area contributed by atoms with Crippen molar-refractivity contribution in [1.29, 1.82) is 0 Å². The number of urea groups is 1. The topological polar surface area (TPSA) is 50.2 Å². The quantitative estimate of drug-likeness (QED) is 0.940. The number of aryl methyl sites for hydroxylation is 2. The third-order valence-electron chi connectivity index (χ3n) is 5.03. The zero-order valence-electron chi connectivity index (χ0n) is 14.1. The Morgan fingerprint density at radius 2 is 2.08 bits per heavy atom. The van der Waals surface area contributed by atoms with Gasteiger partial charge in [-0.25, -0.2) is 4.79 Å². The van der Waals surface area contributed by atoms with Gasteiger partial charge in [-0.1, -0.05) is 24.3 Å². The van der Waals surface area contributed by atoms with Gasteiger partial charge in [0, 0.05) is 30.9 Å². The molecule has 1 fully saturated rings. The van der Waals surface area contributed by atoms with Crippen LogP contribution >= 0.6 is 0 Å². The zero-order valence-corrected chi connectivity index (χ0v) is 14.1. The van der Waals surface area contributed by atoms with E-state index in [1.165, 1.54) is 11.1 Å². The highest BCUT2D eigenvalue weighted by Gasteiger charge is 2.34. The van der Waals surface area contributed by atoms with E-state index < -0.39 is 0 Å². The van der Waals surface area contributed by atoms with Crippen molar-refractivity contribution in [2.75, 3.05) is 0 Å². The molecule has 1 heterocycles. The molecule has 2 amide bonds. The predicted octanol–water partition coefficient (Wildman–Crippen LogP) is 2.65. The summed E-state index contributed by atoms with van der Waals surface area (Å²) in [4.78, 5) is 14.8. The lowest BCUT2D eigenvalue weighted by Crippen LogP contribution is -2.47. The van der Waals surface area contributed by atoms with E-state index in [0.717, 1.165) is 37.7 Å². The average molecular weight is 324 g/mol. The number of hydrogen-bond acceptors (Lipinski definition) is 2. The van der Waals surface area contributed by atoms with Gasteiger partial charge in [0.1, 0.15) is 0 Å². The van der Waals surface area contributed by atoms with Crippen LogP contribution < -0.4 is 5.32 Å². The molecule has 24 heavy (non-hydrogen) atoms. The average Bonchev–Trinajstić information content (AvgIpc) is 3.34. The highest BCUT2D eigenvalue weighted by molar-refractivity contribution is 5.75. The van der Waals surface area contributed by atoms with E-state index in [2.05, 4.69) is 34.7 Å². The Bertz CT molecular complexity index is 734. The molecule has 0 unspecified atom stereocenters. The minimum atomic E-state index is 0.0748. The molecule has 2 aliphatic rings. The van der Waals surface area contributed by atoms with Gasteiger partial charge < -0.3 is 10.2 Å². The smallest absolute Gasteiger partial charge is 0.318 e. The number of nitrogens with zero attached hydrogens (tertiary/aromatic N) is 3. The van der Waals surface area contributed by atoms with E-state index in [1.807, 2.05) is 24.3 Å². The van der Waals surface area contributed by atoms with Crippen molar-refractivity contribution in [2.45, 2.75) is 50.7 Å². The minimum absolute atomic E-state index is 0.0748. The second-order valence-electron chi connectivity index (χ2n) is 7.04. The molecule has 0 aliphatic heterocycles. The number of rotatable bonds is 4. The first kappa shape index (κ1) is 15.2. The highest BCUT2D eigenvalue weighted by Crippen LogP contribution is 2.29. The number of carbonyl (C=O) groups excluding carboxylic acids is 1. The molecule has 4 rings (SSSR count). The summed E-state index contributed by atoms with van der Waals surface area (Å²) in [5.74, 6) is 0. The van der Waals surface area contributed by atoms with Crippen LogP contribution in [0, 0.1) is 0 Å². The lowest BCUT2D eigenvalue weighted by Gasteiger charge is -2.29. The molecule has 5 heteroatoms. The first-order chi connectivity index (χ1) is 11.7. The van der Waals surface area contributed by atoms with Gasteiger partial charge >= 0.3 is 6.03 Å². The van der Waals surface area contributed by atoms with Crippen LogP contribution in [-0.4, -0.2) is 32.8 Å². The van der Waals surface area contributed by atoms with Gasteiger partial charge in [0.15, 0.2) is 0 Å². The molecule has 1 aromatic heterocycles. The molecule has 2 aliphatic carbocycles. The largest absolute Gasteiger partial charge is 0.335 e. The number of aromatic nitrogens is 2. The summed E-state index contributed by atoms with van der Waals surface area (Å²) >= 11 is 0. The summed E-state index contributed by atoms with van der Waals surface area (Å²) in [5.41, 5.74) is 3.89. The molecule has 1 saturated carbocycles. The third kappa shape index (κ3) is 3.30. The second-order valence-corrected chi connectivity index (χ2v) is 7.04. The van der Waals surface area contributed by atoms with Crippen molar-refractivity contribution >= 4 is 6.03 Å². The number of amides is 2. The molecule has 0 bridgehead atoms. The van der Waals surface area contributed by atoms with Crippen LogP contribution in [0.25, 0.3) is 0 Å². The van der Waals surface area contributed by atoms with E-state index in [1.54, 1.807) is 4.68 Å². The Labute approximate surface area is 142 Å². The van der Waals surface area contributed by atoms with E-state index in [4.69, 9.17) is 0 Å². The Morgan fingerprint density at radius 3 is 2.79 bits per heavy atom. The van der Waals surface area contributed by atoms with Crippen LogP contribution in [0.3, 0.4) is 0 Å². The van der Waals surface area contributed by atoms with Crippen molar-refractivity contribution in [1.82, 2.24) is 20.0 Å². The molecular formula is C19H24N4O. The summed E-state index contributed by atoms with van der Waals surface area (Å²) < 4.78 is 1.79. The number of benzene rings is 1. The molecule has 0 radical (unpaired) electrons. The third-order valence-corrected chi connectivity index (χ3v) is 5.03. The fourth-order valence-corrected chi connectivity index (χ4v) is 3.58. The van der Waals surface area contributed by atoms with Crippen LogP contribution in [0.15, 0.2) is 36.7 Å². The van der Waals surface area contributed by atoms with Crippen LogP contribution in [0.2, 0.25) is 0 Å². The minimum Gasteiger partial charge on any atom is -0.335 e. The van der Waals surface area contributed by atoms with E-state index in [9.17, 15) is 4.79 Å². The first-order valence-corrected chi connectivity index (χ1v) is 8.80. The molecule has 0 saturated heterocycles. The number of hydrogen-bond donors (Lipinski definition) is 1. The molecule has 2 aromatic rings. The van der Waals surface area contributed by atoms with Crippen LogP contribution in [0.5, 0.6) is 0 Å². The lowest BCUT2D eigenvalue weighted by molar-refractivity contribution is 0.186. The number of nitrogens with one attached hydrogen (secondary N) is 1. The summed E-state index contributed by atoms with van der Waals surface area (Å²) in [6.45, 7) is 0.646. The Balaban J connectivity index is 1.40. The number of carbonyl (C=O) groups is 1. The molecule has 1 N–H and O–H groups in total. The SMILES string of the molecule is Cn1cc(CN(C(=O)N[C@@H]2CCc3ccccc3C2)C2CC2)cn1. The maximum absolute atomic E-state index is 12.8. The lowest BCUT2D eigenvalue weighted by atomic mass is 9.88. The zero-order chi connectivity index (χ0) is 16.5. The Kier molecular flexibility index (Phi) is 4.00. The predicted molar refractivity (Wildman–Crippen MR) is 92.6 cm³/mol. The molecular weight excluding hydrogens is 300 g/mol. The molecule has 0 spiro atoms. The van der Waals surface area contributed by atoms with E-state index in [0.29, 0.717) is 12.6 Å². The van der Waals surface area contributed by atoms with Gasteiger partial charge in [0.25, 0.3) is 0 Å². The monoisotopic (exact) mass is 324 g/mol. The summed E-state index contributed by atoms with van der Waals surface area (Å²) in [7, 11) is 1.91. The van der Waals surface area contributed by atoms with Crippen LogP contribution in [0.1, 0.15) is 36.0 Å². The Morgan fingerprint density at radius 1 is 1.29 bits per heavy atom. The van der Waals surface area contributed by atoms with Crippen molar-refractivity contribution in [3.05, 3.63) is 53.3 Å². The molecule has 5 nitrogen and oxygen atoms in total. The van der Waals surface area contributed by atoms with Crippen LogP contribution in [-0.2, 0) is 26.4 Å². The Hall–Kier alpha value is -2.30. The fraction of sp³-hybridized carbons (Fsp3) is 0.474. The van der Waals surface area contributed by atoms with Gasteiger partial charge in [-0.3, -0.25) is 4.68 Å². The van der Waals surface area contributed by atoms with Crippen molar-refractivity contribution < 1.29 is 4.79 Å². The normalized spacial score (nSPS) is 19.6. The summed E-state index contributed by atoms with van der Waals surface area (Å²) in [5, 5.41) is 7.48. The summed E-state index contributed by atoms with van der Waals surface area (Å²) in [6, 6.07) is 9.27. The first-order valence-electron chi connectivity index (χ1n) is 8.80. The van der Waals surface area contributed by atoms with Crippen molar-refractivity contribution in [3.63, 3.8) is 0 Å². The summed E-state index contributed by atoms with van der Waals surface area (Å²) in [6.07, 6.45) is 9.07. The van der Waals surface area contributed by atoms with Gasteiger partial charge in [-0.05, 0) is 43.2 Å². The van der Waals surface area contributed by atoms with E-state index >= 15 is 0 Å². The van der Waals surface area contributed by atoms with Crippen molar-refractivity contribution in [2.24, 2.45) is 7.05 Å². The van der Waals surface area contributed by atoms with Gasteiger partial charge in [-0.15, -0.1) is 0 Å². The highest BCUT2D eigenvalue weighted by atomic mass is 16.2. The van der Waals surface area contributed by atoms with Crippen LogP contribution in [0.4, 0.5) is 4.79 Å². The van der Waals surface area contributed by atoms with Gasteiger partial charge in [0.2, 0.25) is 0 Å². The van der Waals surface area contributed by atoms with E-state index in [-0.39, 0.29) is 12.1 Å². The number of fused-ring (bicyclic) bond motifs is 1. The molecule has 126 valence electrons. The van der Waals surface area contributed by atoms with Crippen molar-refractivity contribution in [3.8, 4) is 0 Å². The molecule has 1 atom stereocenters. The standard InChI is InChI=1S/C19H24N4O/c1-22-12-14(11-20-22)13-23(18-8-9-18)19(24)21-17-7-6-15-4-2-3-5-16(15)10-17/h2-5,11-12,17-18H,6-10,13H2,1H3,(H,21,24)/t17-/m1/s1. The fourth-order valence-electron chi connectivity index (χ4n) is 3.58. The van der Waals surface area contributed by atoms with Gasteiger partial charge in [-0.2, -0.15) is 5.10 Å². The van der Waals surface area contributed by atoms with Gasteiger partial charge in [0.05, 0.1) is 12.7 Å².